The summed E-state index contributed by atoms with van der Waals surface area (Å²) in [5.41, 5.74) is 5.99. The summed E-state index contributed by atoms with van der Waals surface area (Å²) in [7, 11) is 0. The third-order valence-electron chi connectivity index (χ3n) is 5.65. The number of anilines is 1. The van der Waals surface area contributed by atoms with Crippen molar-refractivity contribution in [2.75, 3.05) is 12.3 Å². The fourth-order valence-corrected chi connectivity index (χ4v) is 5.17. The standard InChI is InChI=1S/C16H22N2O3/c1-2-20-16(19)13-14(17)21-15(18-13)12-10-4-8-3-9(6-10)7-11(12)5-8/h8-12H,2-7,17H2,1H3. The number of hydrogen-bond donors (Lipinski definition) is 1. The smallest absolute Gasteiger partial charge is 0.362 e. The highest BCUT2D eigenvalue weighted by Gasteiger charge is 2.50. The number of carbonyl (C=O) groups is 1. The van der Waals surface area contributed by atoms with Gasteiger partial charge in [0.25, 0.3) is 0 Å². The van der Waals surface area contributed by atoms with E-state index in [0.29, 0.717) is 30.3 Å². The lowest BCUT2D eigenvalue weighted by atomic mass is 9.52. The zero-order valence-electron chi connectivity index (χ0n) is 12.4. The quantitative estimate of drug-likeness (QED) is 0.866. The number of nitrogen functional groups attached to an aromatic ring is 1. The molecule has 4 aliphatic carbocycles. The van der Waals surface area contributed by atoms with Gasteiger partial charge in [0.15, 0.2) is 0 Å². The van der Waals surface area contributed by atoms with Crippen molar-refractivity contribution < 1.29 is 13.9 Å². The Kier molecular flexibility index (Phi) is 2.98. The first-order chi connectivity index (χ1) is 10.2. The summed E-state index contributed by atoms with van der Waals surface area (Å²) >= 11 is 0. The molecule has 4 fully saturated rings. The maximum Gasteiger partial charge on any atom is 0.362 e. The van der Waals surface area contributed by atoms with Gasteiger partial charge < -0.3 is 14.9 Å². The third kappa shape index (κ3) is 2.05. The molecule has 0 unspecified atom stereocenters. The molecule has 5 nitrogen and oxygen atoms in total. The first-order valence-corrected chi connectivity index (χ1v) is 8.09. The first-order valence-electron chi connectivity index (χ1n) is 8.09. The highest BCUT2D eigenvalue weighted by atomic mass is 16.5. The molecular weight excluding hydrogens is 268 g/mol. The van der Waals surface area contributed by atoms with Gasteiger partial charge in [0.05, 0.1) is 6.61 Å². The van der Waals surface area contributed by atoms with E-state index in [0.717, 1.165) is 11.8 Å². The Morgan fingerprint density at radius 1 is 1.24 bits per heavy atom. The number of nitrogens with zero attached hydrogens (tertiary/aromatic N) is 1. The minimum atomic E-state index is -0.478. The Morgan fingerprint density at radius 2 is 1.86 bits per heavy atom. The molecule has 0 atom stereocenters. The number of nitrogens with two attached hydrogens (primary N) is 1. The van der Waals surface area contributed by atoms with E-state index >= 15 is 0 Å². The topological polar surface area (TPSA) is 78.3 Å². The highest BCUT2D eigenvalue weighted by molar-refractivity contribution is 5.91. The molecule has 1 aromatic heterocycles. The number of oxazole rings is 1. The summed E-state index contributed by atoms with van der Waals surface area (Å²) in [5, 5.41) is 0. The van der Waals surface area contributed by atoms with Crippen LogP contribution in [0.25, 0.3) is 0 Å². The highest BCUT2D eigenvalue weighted by Crippen LogP contribution is 2.59. The molecule has 0 amide bonds. The summed E-state index contributed by atoms with van der Waals surface area (Å²) in [5.74, 6) is 3.78. The zero-order chi connectivity index (χ0) is 14.6. The SMILES string of the molecule is CCOC(=O)c1nc(C2C3CC4CC(C3)CC2C4)oc1N. The van der Waals surface area contributed by atoms with Crippen molar-refractivity contribution in [3.8, 4) is 0 Å². The van der Waals surface area contributed by atoms with Crippen LogP contribution in [0.5, 0.6) is 0 Å². The molecule has 21 heavy (non-hydrogen) atoms. The van der Waals surface area contributed by atoms with Gasteiger partial charge in [-0.15, -0.1) is 0 Å². The molecule has 0 spiro atoms. The van der Waals surface area contributed by atoms with Crippen LogP contribution in [0, 0.1) is 23.7 Å². The molecule has 0 aliphatic heterocycles. The zero-order valence-corrected chi connectivity index (χ0v) is 12.4. The van der Waals surface area contributed by atoms with E-state index in [2.05, 4.69) is 4.98 Å². The van der Waals surface area contributed by atoms with Crippen LogP contribution in [0.3, 0.4) is 0 Å². The minimum absolute atomic E-state index is 0.109. The Labute approximate surface area is 124 Å². The van der Waals surface area contributed by atoms with Gasteiger partial charge in [-0.05, 0) is 62.7 Å². The van der Waals surface area contributed by atoms with Crippen molar-refractivity contribution in [3.05, 3.63) is 11.6 Å². The summed E-state index contributed by atoms with van der Waals surface area (Å²) in [4.78, 5) is 16.3. The van der Waals surface area contributed by atoms with Gasteiger partial charge in [0, 0.05) is 5.92 Å². The van der Waals surface area contributed by atoms with Gasteiger partial charge in [-0.3, -0.25) is 0 Å². The maximum atomic E-state index is 11.8. The normalized spacial score (nSPS) is 36.9. The largest absolute Gasteiger partial charge is 0.461 e. The van der Waals surface area contributed by atoms with Gasteiger partial charge in [0.1, 0.15) is 0 Å². The predicted octanol–water partition coefficient (Wildman–Crippen LogP) is 2.97. The van der Waals surface area contributed by atoms with Crippen molar-refractivity contribution in [2.24, 2.45) is 23.7 Å². The number of hydrogen-bond acceptors (Lipinski definition) is 5. The van der Waals surface area contributed by atoms with E-state index in [9.17, 15) is 4.79 Å². The van der Waals surface area contributed by atoms with Gasteiger partial charge in [-0.25, -0.2) is 9.78 Å². The average Bonchev–Trinajstić information content (AvgIpc) is 2.79. The Bertz CT molecular complexity index is 538. The second-order valence-electron chi connectivity index (χ2n) is 6.94. The van der Waals surface area contributed by atoms with Crippen LogP contribution in [-0.2, 0) is 4.74 Å². The lowest BCUT2D eigenvalue weighted by Crippen LogP contribution is -2.43. The fraction of sp³-hybridized carbons (Fsp3) is 0.750. The molecule has 4 aliphatic rings. The minimum Gasteiger partial charge on any atom is -0.461 e. The van der Waals surface area contributed by atoms with E-state index < -0.39 is 5.97 Å². The summed E-state index contributed by atoms with van der Waals surface area (Å²) in [6.45, 7) is 2.09. The van der Waals surface area contributed by atoms with Crippen LogP contribution < -0.4 is 5.73 Å². The van der Waals surface area contributed by atoms with E-state index in [-0.39, 0.29) is 11.6 Å². The molecule has 114 valence electrons. The molecule has 0 radical (unpaired) electrons. The monoisotopic (exact) mass is 290 g/mol. The Hall–Kier alpha value is -1.52. The van der Waals surface area contributed by atoms with Crippen molar-refractivity contribution in [1.29, 1.82) is 0 Å². The van der Waals surface area contributed by atoms with Gasteiger partial charge in [-0.1, -0.05) is 0 Å². The average molecular weight is 290 g/mol. The molecule has 1 heterocycles. The number of carbonyl (C=O) groups excluding carboxylic acids is 1. The van der Waals surface area contributed by atoms with Crippen LogP contribution >= 0.6 is 0 Å². The van der Waals surface area contributed by atoms with E-state index in [1.54, 1.807) is 6.92 Å². The molecule has 4 bridgehead atoms. The Morgan fingerprint density at radius 3 is 2.43 bits per heavy atom. The molecule has 2 N–H and O–H groups in total. The summed E-state index contributed by atoms with van der Waals surface area (Å²) in [6, 6.07) is 0. The molecule has 5 heteroatoms. The number of ether oxygens (including phenoxy) is 1. The first kappa shape index (κ1) is 13.2. The lowest BCUT2D eigenvalue weighted by molar-refractivity contribution is -0.0112. The van der Waals surface area contributed by atoms with Crippen LogP contribution in [0.1, 0.15) is 61.3 Å². The van der Waals surface area contributed by atoms with E-state index in [1.165, 1.54) is 32.1 Å². The van der Waals surface area contributed by atoms with Crippen molar-refractivity contribution in [2.45, 2.75) is 44.9 Å². The molecule has 0 saturated heterocycles. The molecule has 1 aromatic rings. The summed E-state index contributed by atoms with van der Waals surface area (Å²) in [6.07, 6.45) is 6.56. The van der Waals surface area contributed by atoms with Crippen molar-refractivity contribution in [3.63, 3.8) is 0 Å². The van der Waals surface area contributed by atoms with E-state index in [1.807, 2.05) is 0 Å². The number of rotatable bonds is 3. The van der Waals surface area contributed by atoms with Crippen molar-refractivity contribution >= 4 is 11.9 Å². The molecular formula is C16H22N2O3. The maximum absolute atomic E-state index is 11.8. The van der Waals surface area contributed by atoms with Gasteiger partial charge in [-0.2, -0.15) is 0 Å². The molecule has 5 rings (SSSR count). The molecule has 0 aromatic carbocycles. The number of esters is 1. The third-order valence-corrected chi connectivity index (χ3v) is 5.65. The van der Waals surface area contributed by atoms with Gasteiger partial charge in [0.2, 0.25) is 17.5 Å². The summed E-state index contributed by atoms with van der Waals surface area (Å²) < 4.78 is 10.7. The predicted molar refractivity (Wildman–Crippen MR) is 76.7 cm³/mol. The van der Waals surface area contributed by atoms with Crippen LogP contribution in [0.4, 0.5) is 5.88 Å². The Balaban J connectivity index is 1.62. The second-order valence-corrected chi connectivity index (χ2v) is 6.94. The van der Waals surface area contributed by atoms with Crippen LogP contribution in [0.2, 0.25) is 0 Å². The van der Waals surface area contributed by atoms with Crippen LogP contribution in [0.15, 0.2) is 4.42 Å². The van der Waals surface area contributed by atoms with Crippen molar-refractivity contribution in [1.82, 2.24) is 4.98 Å². The van der Waals surface area contributed by atoms with Gasteiger partial charge >= 0.3 is 5.97 Å². The number of aromatic nitrogens is 1. The molecule has 4 saturated carbocycles. The van der Waals surface area contributed by atoms with E-state index in [4.69, 9.17) is 14.9 Å². The fourth-order valence-electron chi connectivity index (χ4n) is 5.17. The second kappa shape index (κ2) is 4.75. The van der Waals surface area contributed by atoms with Crippen LogP contribution in [-0.4, -0.2) is 17.6 Å². The lowest BCUT2D eigenvalue weighted by Gasteiger charge is -2.53.